The van der Waals surface area contributed by atoms with Crippen molar-refractivity contribution < 1.29 is 14.3 Å². The van der Waals surface area contributed by atoms with Crippen molar-refractivity contribution in [2.75, 3.05) is 11.9 Å². The van der Waals surface area contributed by atoms with E-state index in [1.165, 1.54) is 0 Å². The van der Waals surface area contributed by atoms with Gasteiger partial charge >= 0.3 is 0 Å². The fraction of sp³-hybridized carbons (Fsp3) is 0.529. The highest BCUT2D eigenvalue weighted by Gasteiger charge is 2.29. The SMILES string of the molecule is CC(NC(=O)C1CCCO1)c1ccc(NC(=O)C2CC2)cc1. The van der Waals surface area contributed by atoms with Crippen molar-refractivity contribution in [1.82, 2.24) is 5.32 Å². The Balaban J connectivity index is 1.54. The van der Waals surface area contributed by atoms with Gasteiger partial charge in [-0.3, -0.25) is 9.59 Å². The Bertz CT molecular complexity index is 546. The molecule has 2 atom stereocenters. The minimum absolute atomic E-state index is 0.0453. The molecule has 0 spiro atoms. The zero-order valence-electron chi connectivity index (χ0n) is 12.8. The summed E-state index contributed by atoms with van der Waals surface area (Å²) in [4.78, 5) is 23.7. The summed E-state index contributed by atoms with van der Waals surface area (Å²) in [5, 5.41) is 5.88. The zero-order valence-corrected chi connectivity index (χ0v) is 12.8. The molecule has 1 saturated heterocycles. The van der Waals surface area contributed by atoms with E-state index in [-0.39, 0.29) is 29.9 Å². The Morgan fingerprint density at radius 3 is 2.45 bits per heavy atom. The molecule has 2 aliphatic rings. The summed E-state index contributed by atoms with van der Waals surface area (Å²) in [6.07, 6.45) is 3.43. The Morgan fingerprint density at radius 2 is 1.86 bits per heavy atom. The maximum Gasteiger partial charge on any atom is 0.249 e. The van der Waals surface area contributed by atoms with Crippen LogP contribution in [0.2, 0.25) is 0 Å². The van der Waals surface area contributed by atoms with Gasteiger partial charge in [0.25, 0.3) is 0 Å². The molecule has 2 N–H and O–H groups in total. The molecule has 1 heterocycles. The van der Waals surface area contributed by atoms with Crippen LogP contribution in [-0.2, 0) is 14.3 Å². The molecule has 0 bridgehead atoms. The van der Waals surface area contributed by atoms with Crippen LogP contribution in [0.15, 0.2) is 24.3 Å². The van der Waals surface area contributed by atoms with Gasteiger partial charge in [0.05, 0.1) is 6.04 Å². The summed E-state index contributed by atoms with van der Waals surface area (Å²) >= 11 is 0. The highest BCUT2D eigenvalue weighted by molar-refractivity contribution is 5.94. The quantitative estimate of drug-likeness (QED) is 0.877. The number of anilines is 1. The molecular formula is C17H22N2O3. The van der Waals surface area contributed by atoms with Gasteiger partial charge in [-0.1, -0.05) is 12.1 Å². The minimum Gasteiger partial charge on any atom is -0.368 e. The van der Waals surface area contributed by atoms with Gasteiger partial charge in [-0.2, -0.15) is 0 Å². The van der Waals surface area contributed by atoms with Crippen molar-refractivity contribution in [2.24, 2.45) is 5.92 Å². The van der Waals surface area contributed by atoms with Crippen LogP contribution in [0.25, 0.3) is 0 Å². The molecule has 0 aromatic heterocycles. The summed E-state index contributed by atoms with van der Waals surface area (Å²) in [7, 11) is 0. The molecule has 1 aromatic carbocycles. The van der Waals surface area contributed by atoms with Gasteiger partial charge in [-0.25, -0.2) is 0 Å². The van der Waals surface area contributed by atoms with Crippen LogP contribution in [0.1, 0.15) is 44.2 Å². The molecular weight excluding hydrogens is 280 g/mol. The molecule has 0 radical (unpaired) electrons. The lowest BCUT2D eigenvalue weighted by molar-refractivity contribution is -0.130. The first kappa shape index (κ1) is 15.0. The first-order chi connectivity index (χ1) is 10.6. The van der Waals surface area contributed by atoms with Gasteiger partial charge in [0, 0.05) is 18.2 Å². The number of amides is 2. The molecule has 3 rings (SSSR count). The van der Waals surface area contributed by atoms with Gasteiger partial charge < -0.3 is 15.4 Å². The predicted molar refractivity (Wildman–Crippen MR) is 83.3 cm³/mol. The highest BCUT2D eigenvalue weighted by atomic mass is 16.5. The van der Waals surface area contributed by atoms with Crippen LogP contribution in [0.5, 0.6) is 0 Å². The molecule has 1 aliphatic heterocycles. The van der Waals surface area contributed by atoms with E-state index < -0.39 is 0 Å². The van der Waals surface area contributed by atoms with Crippen molar-refractivity contribution in [3.63, 3.8) is 0 Å². The van der Waals surface area contributed by atoms with Crippen molar-refractivity contribution >= 4 is 17.5 Å². The van der Waals surface area contributed by atoms with Crippen LogP contribution in [-0.4, -0.2) is 24.5 Å². The van der Waals surface area contributed by atoms with Gasteiger partial charge in [0.2, 0.25) is 11.8 Å². The van der Waals surface area contributed by atoms with Crippen LogP contribution in [0.3, 0.4) is 0 Å². The number of carbonyl (C=O) groups excluding carboxylic acids is 2. The molecule has 1 aromatic rings. The first-order valence-corrected chi connectivity index (χ1v) is 7.96. The molecule has 5 nitrogen and oxygen atoms in total. The van der Waals surface area contributed by atoms with Gasteiger partial charge in [0.15, 0.2) is 0 Å². The average molecular weight is 302 g/mol. The number of rotatable bonds is 5. The van der Waals surface area contributed by atoms with Gasteiger partial charge in [-0.05, 0) is 50.3 Å². The van der Waals surface area contributed by atoms with E-state index in [2.05, 4.69) is 10.6 Å². The summed E-state index contributed by atoms with van der Waals surface area (Å²) in [6.45, 7) is 2.62. The van der Waals surface area contributed by atoms with Gasteiger partial charge in [0.1, 0.15) is 6.10 Å². The summed E-state index contributed by atoms with van der Waals surface area (Å²) in [5.74, 6) is 0.257. The molecule has 22 heavy (non-hydrogen) atoms. The Hall–Kier alpha value is -1.88. The van der Waals surface area contributed by atoms with Crippen molar-refractivity contribution in [2.45, 2.75) is 44.8 Å². The van der Waals surface area contributed by atoms with Crippen molar-refractivity contribution in [3.05, 3.63) is 29.8 Å². The number of benzene rings is 1. The second-order valence-corrected chi connectivity index (χ2v) is 6.12. The zero-order chi connectivity index (χ0) is 15.5. The molecule has 2 fully saturated rings. The van der Waals surface area contributed by atoms with Crippen LogP contribution < -0.4 is 10.6 Å². The van der Waals surface area contributed by atoms with E-state index in [0.717, 1.165) is 36.9 Å². The van der Waals surface area contributed by atoms with E-state index in [9.17, 15) is 9.59 Å². The van der Waals surface area contributed by atoms with Crippen LogP contribution >= 0.6 is 0 Å². The van der Waals surface area contributed by atoms with E-state index in [1.807, 2.05) is 31.2 Å². The van der Waals surface area contributed by atoms with E-state index in [4.69, 9.17) is 4.74 Å². The molecule has 2 unspecified atom stereocenters. The third-order valence-electron chi connectivity index (χ3n) is 4.21. The number of ether oxygens (including phenoxy) is 1. The Kier molecular flexibility index (Phi) is 4.43. The van der Waals surface area contributed by atoms with Gasteiger partial charge in [-0.15, -0.1) is 0 Å². The number of hydrogen-bond donors (Lipinski definition) is 2. The Labute approximate surface area is 130 Å². The van der Waals surface area contributed by atoms with Crippen LogP contribution in [0, 0.1) is 5.92 Å². The first-order valence-electron chi connectivity index (χ1n) is 7.96. The molecule has 118 valence electrons. The largest absolute Gasteiger partial charge is 0.368 e. The molecule has 5 heteroatoms. The third kappa shape index (κ3) is 3.65. The predicted octanol–water partition coefficient (Wildman–Crippen LogP) is 2.39. The third-order valence-corrected chi connectivity index (χ3v) is 4.21. The summed E-state index contributed by atoms with van der Waals surface area (Å²) in [5.41, 5.74) is 1.81. The number of carbonyl (C=O) groups is 2. The minimum atomic E-state index is -0.306. The second-order valence-electron chi connectivity index (χ2n) is 6.12. The number of nitrogens with one attached hydrogen (secondary N) is 2. The van der Waals surface area contributed by atoms with E-state index in [0.29, 0.717) is 6.61 Å². The lowest BCUT2D eigenvalue weighted by Crippen LogP contribution is -2.35. The van der Waals surface area contributed by atoms with E-state index in [1.54, 1.807) is 0 Å². The molecule has 1 aliphatic carbocycles. The lowest BCUT2D eigenvalue weighted by Gasteiger charge is -2.17. The topological polar surface area (TPSA) is 67.4 Å². The average Bonchev–Trinajstić information content (AvgIpc) is 3.22. The standard InChI is InChI=1S/C17H22N2O3/c1-11(18-17(21)15-3-2-10-22-15)12-6-8-14(9-7-12)19-16(20)13-4-5-13/h6-9,11,13,15H,2-5,10H2,1H3,(H,18,21)(H,19,20). The molecule has 1 saturated carbocycles. The molecule has 2 amide bonds. The smallest absolute Gasteiger partial charge is 0.249 e. The highest BCUT2D eigenvalue weighted by Crippen LogP contribution is 2.30. The maximum absolute atomic E-state index is 12.0. The van der Waals surface area contributed by atoms with Crippen molar-refractivity contribution in [1.29, 1.82) is 0 Å². The number of hydrogen-bond acceptors (Lipinski definition) is 3. The summed E-state index contributed by atoms with van der Waals surface area (Å²) in [6, 6.07) is 7.55. The van der Waals surface area contributed by atoms with Crippen molar-refractivity contribution in [3.8, 4) is 0 Å². The van der Waals surface area contributed by atoms with E-state index >= 15 is 0 Å². The lowest BCUT2D eigenvalue weighted by atomic mass is 10.1. The van der Waals surface area contributed by atoms with Crippen LogP contribution in [0.4, 0.5) is 5.69 Å². The summed E-state index contributed by atoms with van der Waals surface area (Å²) < 4.78 is 5.38. The monoisotopic (exact) mass is 302 g/mol. The maximum atomic E-state index is 12.0. The second kappa shape index (κ2) is 6.48. The normalized spacial score (nSPS) is 22.1. The fourth-order valence-electron chi connectivity index (χ4n) is 2.62. The Morgan fingerprint density at radius 1 is 1.14 bits per heavy atom. The fourth-order valence-corrected chi connectivity index (χ4v) is 2.62.